The zero-order valence-electron chi connectivity index (χ0n) is 6.62. The Kier molecular flexibility index (Phi) is 4.36. The van der Waals surface area contributed by atoms with Gasteiger partial charge in [0.1, 0.15) is 0 Å². The van der Waals surface area contributed by atoms with E-state index in [1.54, 1.807) is 0 Å². The summed E-state index contributed by atoms with van der Waals surface area (Å²) >= 11 is 0. The van der Waals surface area contributed by atoms with Gasteiger partial charge in [0.2, 0.25) is 9.05 Å². The van der Waals surface area contributed by atoms with E-state index in [0.717, 1.165) is 0 Å². The first kappa shape index (κ1) is 11.2. The molecule has 68 valence electrons. The molecule has 1 atom stereocenters. The molecule has 0 heterocycles. The third-order valence-corrected chi connectivity index (χ3v) is 2.30. The van der Waals surface area contributed by atoms with Gasteiger partial charge in [-0.15, -0.1) is 0 Å². The molecule has 0 aliphatic heterocycles. The largest absolute Gasteiger partial charge is 0.392 e. The van der Waals surface area contributed by atoms with Crippen molar-refractivity contribution >= 4 is 19.7 Å². The molecule has 0 radical (unpaired) electrons. The zero-order valence-corrected chi connectivity index (χ0v) is 8.19. The molecular weight excluding hydrogens is 188 g/mol. The van der Waals surface area contributed by atoms with Gasteiger partial charge < -0.3 is 5.11 Å². The maximum Gasteiger partial charge on any atom is 0.235 e. The molecule has 0 amide bonds. The maximum absolute atomic E-state index is 10.4. The first-order chi connectivity index (χ1) is 4.81. The first-order valence-corrected chi connectivity index (χ1v) is 5.89. The van der Waals surface area contributed by atoms with Gasteiger partial charge in [-0.1, -0.05) is 13.8 Å². The fourth-order valence-corrected chi connectivity index (χ4v) is 1.87. The minimum atomic E-state index is -3.55. The molecule has 0 saturated heterocycles. The van der Waals surface area contributed by atoms with Gasteiger partial charge in [0.15, 0.2) is 0 Å². The Morgan fingerprint density at radius 3 is 2.18 bits per heavy atom. The van der Waals surface area contributed by atoms with Crippen LogP contribution in [0, 0.1) is 5.92 Å². The van der Waals surface area contributed by atoms with Crippen molar-refractivity contribution in [1.29, 1.82) is 0 Å². The van der Waals surface area contributed by atoms with Gasteiger partial charge in [-0.25, -0.2) is 8.42 Å². The lowest BCUT2D eigenvalue weighted by Gasteiger charge is -2.09. The van der Waals surface area contributed by atoms with Crippen LogP contribution in [0.1, 0.15) is 20.3 Å². The minimum Gasteiger partial charge on any atom is -0.392 e. The van der Waals surface area contributed by atoms with Crippen molar-refractivity contribution in [2.45, 2.75) is 26.4 Å². The van der Waals surface area contributed by atoms with Crippen LogP contribution < -0.4 is 0 Å². The summed E-state index contributed by atoms with van der Waals surface area (Å²) < 4.78 is 20.9. The fourth-order valence-electron chi connectivity index (χ4n) is 0.842. The quantitative estimate of drug-likeness (QED) is 0.688. The van der Waals surface area contributed by atoms with E-state index in [4.69, 9.17) is 15.8 Å². The number of aliphatic hydroxyl groups is 1. The molecule has 0 bridgehead atoms. The molecule has 1 unspecified atom stereocenters. The average Bonchev–Trinajstić information content (AvgIpc) is 1.53. The van der Waals surface area contributed by atoms with Gasteiger partial charge in [-0.3, -0.25) is 0 Å². The Morgan fingerprint density at radius 2 is 1.91 bits per heavy atom. The maximum atomic E-state index is 10.4. The molecule has 0 rings (SSSR count). The lowest BCUT2D eigenvalue weighted by Crippen LogP contribution is -2.19. The Labute approximate surface area is 71.8 Å². The summed E-state index contributed by atoms with van der Waals surface area (Å²) in [5.41, 5.74) is 0. The lowest BCUT2D eigenvalue weighted by atomic mass is 10.1. The topological polar surface area (TPSA) is 54.4 Å². The smallest absolute Gasteiger partial charge is 0.235 e. The molecule has 1 N–H and O–H groups in total. The summed E-state index contributed by atoms with van der Waals surface area (Å²) in [7, 11) is 1.38. The molecule has 0 aromatic rings. The molecule has 0 spiro atoms. The van der Waals surface area contributed by atoms with Crippen LogP contribution in [0.25, 0.3) is 0 Å². The zero-order chi connectivity index (χ0) is 9.07. The van der Waals surface area contributed by atoms with Crippen LogP contribution >= 0.6 is 10.7 Å². The molecule has 0 saturated carbocycles. The average molecular weight is 201 g/mol. The normalized spacial score (nSPS) is 15.4. The van der Waals surface area contributed by atoms with E-state index in [9.17, 15) is 8.42 Å². The highest BCUT2D eigenvalue weighted by atomic mass is 35.7. The van der Waals surface area contributed by atoms with Crippen molar-refractivity contribution < 1.29 is 13.5 Å². The van der Waals surface area contributed by atoms with Crippen LogP contribution in [-0.2, 0) is 9.05 Å². The van der Waals surface area contributed by atoms with Gasteiger partial charge in [-0.2, -0.15) is 0 Å². The van der Waals surface area contributed by atoms with Crippen LogP contribution in [0.2, 0.25) is 0 Å². The fraction of sp³-hybridized carbons (Fsp3) is 1.00. The van der Waals surface area contributed by atoms with Crippen molar-refractivity contribution in [3.63, 3.8) is 0 Å². The van der Waals surface area contributed by atoms with Crippen LogP contribution in [0.5, 0.6) is 0 Å². The summed E-state index contributed by atoms with van der Waals surface area (Å²) in [6, 6.07) is 0. The second kappa shape index (κ2) is 4.28. The van der Waals surface area contributed by atoms with Crippen molar-refractivity contribution in [2.75, 3.05) is 5.75 Å². The van der Waals surface area contributed by atoms with E-state index in [1.165, 1.54) is 0 Å². The lowest BCUT2D eigenvalue weighted by molar-refractivity contribution is 0.171. The van der Waals surface area contributed by atoms with E-state index in [0.29, 0.717) is 6.42 Å². The van der Waals surface area contributed by atoms with Crippen LogP contribution in [0.4, 0.5) is 0 Å². The van der Waals surface area contributed by atoms with Crippen LogP contribution in [0.3, 0.4) is 0 Å². The van der Waals surface area contributed by atoms with E-state index < -0.39 is 15.2 Å². The van der Waals surface area contributed by atoms with Gasteiger partial charge in [0.25, 0.3) is 0 Å². The second-order valence-corrected chi connectivity index (χ2v) is 5.81. The molecule has 0 aliphatic rings. The highest BCUT2D eigenvalue weighted by Gasteiger charge is 2.14. The standard InChI is InChI=1S/C6H13ClO3S/c1-5(2)3-6(8)4-11(7,9)10/h5-6,8H,3-4H2,1-2H3. The second-order valence-electron chi connectivity index (χ2n) is 2.99. The molecule has 11 heavy (non-hydrogen) atoms. The Morgan fingerprint density at radius 1 is 1.45 bits per heavy atom. The molecule has 5 heteroatoms. The molecule has 0 aromatic carbocycles. The summed E-state index contributed by atoms with van der Waals surface area (Å²) in [6.45, 7) is 3.81. The highest BCUT2D eigenvalue weighted by Crippen LogP contribution is 2.08. The van der Waals surface area contributed by atoms with Crippen LogP contribution in [-0.4, -0.2) is 25.4 Å². The Hall–Kier alpha value is 0.200. The number of halogens is 1. The first-order valence-electron chi connectivity index (χ1n) is 3.41. The molecule has 3 nitrogen and oxygen atoms in total. The number of hydrogen-bond donors (Lipinski definition) is 1. The SMILES string of the molecule is CC(C)CC(O)CS(=O)(=O)Cl. The van der Waals surface area contributed by atoms with Gasteiger partial charge in [-0.05, 0) is 12.3 Å². The molecular formula is C6H13ClO3S. The number of aliphatic hydroxyl groups excluding tert-OH is 1. The van der Waals surface area contributed by atoms with Crippen molar-refractivity contribution in [2.24, 2.45) is 5.92 Å². The third kappa shape index (κ3) is 8.10. The predicted molar refractivity (Wildman–Crippen MR) is 45.1 cm³/mol. The van der Waals surface area contributed by atoms with E-state index in [1.807, 2.05) is 13.8 Å². The molecule has 0 aromatic heterocycles. The highest BCUT2D eigenvalue weighted by molar-refractivity contribution is 8.13. The molecule has 0 aliphatic carbocycles. The number of hydrogen-bond acceptors (Lipinski definition) is 3. The monoisotopic (exact) mass is 200 g/mol. The van der Waals surface area contributed by atoms with Crippen molar-refractivity contribution in [3.8, 4) is 0 Å². The van der Waals surface area contributed by atoms with E-state index >= 15 is 0 Å². The minimum absolute atomic E-state index is 0.281. The summed E-state index contributed by atoms with van der Waals surface area (Å²) in [6.07, 6.45) is -0.371. The Bertz CT molecular complexity index is 198. The Balaban J connectivity index is 3.80. The summed E-state index contributed by atoms with van der Waals surface area (Å²) in [5, 5.41) is 9.09. The molecule has 0 fully saturated rings. The number of rotatable bonds is 4. The van der Waals surface area contributed by atoms with E-state index in [2.05, 4.69) is 0 Å². The predicted octanol–water partition coefficient (Wildman–Crippen LogP) is 0.962. The van der Waals surface area contributed by atoms with E-state index in [-0.39, 0.29) is 11.7 Å². The van der Waals surface area contributed by atoms with Crippen molar-refractivity contribution in [3.05, 3.63) is 0 Å². The summed E-state index contributed by atoms with van der Waals surface area (Å²) in [5.74, 6) is -0.0735. The third-order valence-electron chi connectivity index (χ3n) is 1.13. The van der Waals surface area contributed by atoms with Gasteiger partial charge >= 0.3 is 0 Å². The van der Waals surface area contributed by atoms with Crippen LogP contribution in [0.15, 0.2) is 0 Å². The summed E-state index contributed by atoms with van der Waals surface area (Å²) in [4.78, 5) is 0. The van der Waals surface area contributed by atoms with Crippen molar-refractivity contribution in [1.82, 2.24) is 0 Å². The van der Waals surface area contributed by atoms with Gasteiger partial charge in [0, 0.05) is 10.7 Å². The van der Waals surface area contributed by atoms with Gasteiger partial charge in [0.05, 0.1) is 11.9 Å².